The number of carboxylic acid groups (broad SMARTS) is 1. The maximum absolute atomic E-state index is 13.0. The second-order valence-corrected chi connectivity index (χ2v) is 8.70. The van der Waals surface area contributed by atoms with Crippen LogP contribution in [0.15, 0.2) is 48.5 Å². The van der Waals surface area contributed by atoms with E-state index < -0.39 is 53.3 Å². The van der Waals surface area contributed by atoms with E-state index in [0.717, 1.165) is 12.1 Å². The first-order valence-corrected chi connectivity index (χ1v) is 10.4. The normalized spacial score (nSPS) is 18.0. The van der Waals surface area contributed by atoms with Crippen molar-refractivity contribution in [2.75, 3.05) is 6.54 Å². The third-order valence-corrected chi connectivity index (χ3v) is 5.69. The molecule has 7 nitrogen and oxygen atoms in total. The van der Waals surface area contributed by atoms with Crippen molar-refractivity contribution in [3.8, 4) is 11.1 Å². The lowest BCUT2D eigenvalue weighted by Crippen LogP contribution is -2.60. The largest absolute Gasteiger partial charge is 0.480 e. The average molecular weight is 476 g/mol. The molecule has 0 aromatic heterocycles. The number of nitrogens with zero attached hydrogens (tertiary/aromatic N) is 1. The second-order valence-electron chi connectivity index (χ2n) is 8.70. The summed E-state index contributed by atoms with van der Waals surface area (Å²) in [6.07, 6.45) is -4.49. The molecule has 0 bridgehead atoms. The van der Waals surface area contributed by atoms with E-state index in [-0.39, 0.29) is 13.0 Å². The summed E-state index contributed by atoms with van der Waals surface area (Å²) in [4.78, 5) is 49.9. The molecule has 1 heterocycles. The van der Waals surface area contributed by atoms with Gasteiger partial charge >= 0.3 is 12.1 Å². The average Bonchev–Trinajstić information content (AvgIpc) is 2.74. The molecule has 1 aliphatic heterocycles. The number of carboxylic acids is 1. The van der Waals surface area contributed by atoms with Crippen molar-refractivity contribution in [3.05, 3.63) is 59.7 Å². The minimum Gasteiger partial charge on any atom is -0.480 e. The van der Waals surface area contributed by atoms with Gasteiger partial charge in [-0.15, -0.1) is 0 Å². The molecule has 2 amide bonds. The highest BCUT2D eigenvalue weighted by molar-refractivity contribution is 6.20. The van der Waals surface area contributed by atoms with Crippen LogP contribution in [-0.2, 0) is 31.9 Å². The van der Waals surface area contributed by atoms with Crippen LogP contribution in [0.25, 0.3) is 11.1 Å². The lowest BCUT2D eigenvalue weighted by Gasteiger charge is -2.44. The van der Waals surface area contributed by atoms with Gasteiger partial charge in [0.2, 0.25) is 11.8 Å². The minimum atomic E-state index is -4.42. The van der Waals surface area contributed by atoms with Gasteiger partial charge in [0.15, 0.2) is 11.7 Å². The minimum absolute atomic E-state index is 0.0759. The fourth-order valence-corrected chi connectivity index (χ4v) is 3.87. The first-order chi connectivity index (χ1) is 15.8. The molecule has 1 saturated heterocycles. The Morgan fingerprint density at radius 2 is 1.56 bits per heavy atom. The Bertz CT molecular complexity index is 1110. The molecule has 0 radical (unpaired) electrons. The Kier molecular flexibility index (Phi) is 6.81. The number of nitrogens with one attached hydrogen (secondary N) is 1. The second kappa shape index (κ2) is 9.28. The molecule has 3 rings (SSSR count). The summed E-state index contributed by atoms with van der Waals surface area (Å²) in [5, 5.41) is 10.8. The van der Waals surface area contributed by atoms with E-state index in [4.69, 9.17) is 5.11 Å². The van der Waals surface area contributed by atoms with Crippen molar-refractivity contribution in [2.24, 2.45) is 5.92 Å². The van der Waals surface area contributed by atoms with E-state index in [1.807, 2.05) is 0 Å². The summed E-state index contributed by atoms with van der Waals surface area (Å²) in [6.45, 7) is 2.79. The number of ketones is 1. The van der Waals surface area contributed by atoms with E-state index in [1.165, 1.54) is 17.0 Å². The molecular weight excluding hydrogens is 453 g/mol. The van der Waals surface area contributed by atoms with Crippen LogP contribution in [0.1, 0.15) is 31.4 Å². The van der Waals surface area contributed by atoms with Crippen LogP contribution in [0.4, 0.5) is 13.2 Å². The highest BCUT2D eigenvalue weighted by Gasteiger charge is 2.48. The Labute approximate surface area is 193 Å². The smallest absolute Gasteiger partial charge is 0.416 e. The third-order valence-electron chi connectivity index (χ3n) is 5.69. The number of benzene rings is 2. The number of carbonyl (C=O) groups excluding carboxylic acids is 3. The van der Waals surface area contributed by atoms with Gasteiger partial charge in [-0.25, -0.2) is 0 Å². The van der Waals surface area contributed by atoms with Crippen molar-refractivity contribution < 1.29 is 37.5 Å². The molecule has 0 spiro atoms. The van der Waals surface area contributed by atoms with Crippen LogP contribution in [0.3, 0.4) is 0 Å². The number of hydrogen-bond donors (Lipinski definition) is 2. The molecule has 2 aromatic rings. The van der Waals surface area contributed by atoms with Crippen LogP contribution < -0.4 is 5.32 Å². The Morgan fingerprint density at radius 1 is 1.03 bits per heavy atom. The van der Waals surface area contributed by atoms with Crippen molar-refractivity contribution >= 4 is 23.6 Å². The molecule has 0 aliphatic carbocycles. The highest BCUT2D eigenvalue weighted by Crippen LogP contribution is 2.33. The zero-order valence-electron chi connectivity index (χ0n) is 18.5. The molecule has 10 heteroatoms. The van der Waals surface area contributed by atoms with Gasteiger partial charge in [0.05, 0.1) is 5.56 Å². The number of piperidine rings is 1. The summed E-state index contributed by atoms with van der Waals surface area (Å²) in [5.41, 5.74) is 0.355. The Balaban J connectivity index is 1.77. The van der Waals surface area contributed by atoms with Gasteiger partial charge in [-0.3, -0.25) is 19.2 Å². The first-order valence-electron chi connectivity index (χ1n) is 10.4. The number of likely N-dealkylation sites (tertiary alicyclic amines) is 1. The number of amides is 2. The maximum Gasteiger partial charge on any atom is 0.416 e. The number of Topliss-reactive ketones (excluding diaryl/α,β-unsaturated/α-hetero) is 1. The SMILES string of the molecule is CC1(C)CC(=O)C(C(=O)NCC(=O)O)C(=O)N1Cc1ccc(-c2ccc(C(F)(F)F)cc2)cc1. The standard InChI is InChI=1S/C24H23F3N2O5/c1-23(2)11-18(30)20(21(33)28-12-19(31)32)22(34)29(23)13-14-3-5-15(6-4-14)16-7-9-17(10-8-16)24(25,26)27/h3-10,20H,11-13H2,1-2H3,(H,28,33)(H,31,32). The van der Waals surface area contributed by atoms with Gasteiger partial charge in [-0.05, 0) is 42.7 Å². The Hall–Kier alpha value is -3.69. The molecule has 1 aliphatic rings. The molecule has 0 saturated carbocycles. The van der Waals surface area contributed by atoms with Gasteiger partial charge in [0, 0.05) is 18.5 Å². The van der Waals surface area contributed by atoms with E-state index >= 15 is 0 Å². The third kappa shape index (κ3) is 5.44. The van der Waals surface area contributed by atoms with Crippen LogP contribution in [0.2, 0.25) is 0 Å². The molecule has 2 N–H and O–H groups in total. The lowest BCUT2D eigenvalue weighted by atomic mass is 9.82. The van der Waals surface area contributed by atoms with Crippen LogP contribution in [0, 0.1) is 5.92 Å². The summed E-state index contributed by atoms with van der Waals surface area (Å²) >= 11 is 0. The zero-order chi connectivity index (χ0) is 25.3. The quantitative estimate of drug-likeness (QED) is 0.623. The number of halogens is 3. The van der Waals surface area contributed by atoms with Gasteiger partial charge in [0.25, 0.3) is 0 Å². The number of rotatable bonds is 6. The van der Waals surface area contributed by atoms with Crippen molar-refractivity contribution in [3.63, 3.8) is 0 Å². The van der Waals surface area contributed by atoms with Crippen LogP contribution in [0.5, 0.6) is 0 Å². The zero-order valence-corrected chi connectivity index (χ0v) is 18.5. The molecule has 34 heavy (non-hydrogen) atoms. The summed E-state index contributed by atoms with van der Waals surface area (Å²) in [5.74, 6) is -5.15. The topological polar surface area (TPSA) is 104 Å². The number of aliphatic carboxylic acids is 1. The van der Waals surface area contributed by atoms with Gasteiger partial charge in [-0.1, -0.05) is 36.4 Å². The number of carbonyl (C=O) groups is 4. The predicted octanol–water partition coefficient (Wildman–Crippen LogP) is 3.27. The molecule has 1 unspecified atom stereocenters. The van der Waals surface area contributed by atoms with Gasteiger partial charge in [-0.2, -0.15) is 13.2 Å². The van der Waals surface area contributed by atoms with Crippen molar-refractivity contribution in [2.45, 2.75) is 38.5 Å². The lowest BCUT2D eigenvalue weighted by molar-refractivity contribution is -0.158. The summed E-state index contributed by atoms with van der Waals surface area (Å²) in [7, 11) is 0. The Morgan fingerprint density at radius 3 is 2.06 bits per heavy atom. The molecular formula is C24H23F3N2O5. The number of hydrogen-bond acceptors (Lipinski definition) is 4. The van der Waals surface area contributed by atoms with E-state index in [0.29, 0.717) is 16.7 Å². The molecule has 180 valence electrons. The van der Waals surface area contributed by atoms with E-state index in [1.54, 1.807) is 38.1 Å². The summed E-state index contributed by atoms with van der Waals surface area (Å²) in [6, 6.07) is 11.6. The van der Waals surface area contributed by atoms with Gasteiger partial charge < -0.3 is 15.3 Å². The molecule has 1 atom stereocenters. The van der Waals surface area contributed by atoms with E-state index in [9.17, 15) is 32.3 Å². The monoisotopic (exact) mass is 476 g/mol. The number of alkyl halides is 3. The van der Waals surface area contributed by atoms with Crippen LogP contribution >= 0.6 is 0 Å². The fraction of sp³-hybridized carbons (Fsp3) is 0.333. The predicted molar refractivity (Wildman–Crippen MR) is 115 cm³/mol. The maximum atomic E-state index is 13.0. The van der Waals surface area contributed by atoms with Crippen molar-refractivity contribution in [1.82, 2.24) is 10.2 Å². The van der Waals surface area contributed by atoms with E-state index in [2.05, 4.69) is 5.32 Å². The highest BCUT2D eigenvalue weighted by atomic mass is 19.4. The van der Waals surface area contributed by atoms with Crippen molar-refractivity contribution in [1.29, 1.82) is 0 Å². The first kappa shape index (κ1) is 24.9. The molecule has 1 fully saturated rings. The summed E-state index contributed by atoms with van der Waals surface area (Å²) < 4.78 is 38.3. The fourth-order valence-electron chi connectivity index (χ4n) is 3.87. The molecule has 2 aromatic carbocycles. The van der Waals surface area contributed by atoms with Gasteiger partial charge in [0.1, 0.15) is 6.54 Å². The van der Waals surface area contributed by atoms with Crippen LogP contribution in [-0.4, -0.2) is 45.7 Å².